The van der Waals surface area contributed by atoms with Crippen molar-refractivity contribution < 1.29 is 31.4 Å². The minimum Gasteiger partial charge on any atom is -0.510 e. The molecule has 23 heavy (non-hydrogen) atoms. The summed E-state index contributed by atoms with van der Waals surface area (Å²) < 4.78 is 74.9. The van der Waals surface area contributed by atoms with Gasteiger partial charge in [-0.2, -0.15) is 31.6 Å². The largest absolute Gasteiger partial charge is 0.510 e. The average molecular weight is 352 g/mol. The number of aliphatic hydroxyl groups is 1. The summed E-state index contributed by atoms with van der Waals surface area (Å²) >= 11 is 0.717. The predicted octanol–water partition coefficient (Wildman–Crippen LogP) is 5.06. The fourth-order valence-electron chi connectivity index (χ4n) is 1.72. The summed E-state index contributed by atoms with van der Waals surface area (Å²) in [7, 11) is 0. The van der Waals surface area contributed by atoms with E-state index in [1.807, 2.05) is 0 Å². The number of nitriles is 1. The van der Waals surface area contributed by atoms with E-state index >= 15 is 0 Å². The molecule has 0 bridgehead atoms. The number of fused-ring (bicyclic) bond motifs is 1. The highest BCUT2D eigenvalue weighted by Crippen LogP contribution is 2.35. The number of aliphatic hydroxyl groups excluding tert-OH is 1. The normalized spacial score (nSPS) is 13.8. The Bertz CT molecular complexity index is 812. The number of hydrogen-bond acceptors (Lipinski definition) is 4. The van der Waals surface area contributed by atoms with Gasteiger partial charge in [0, 0.05) is 0 Å². The molecule has 122 valence electrons. The van der Waals surface area contributed by atoms with Crippen LogP contribution < -0.4 is 0 Å². The lowest BCUT2D eigenvalue weighted by Gasteiger charge is -2.06. The molecule has 10 heteroatoms. The first kappa shape index (κ1) is 17.1. The molecule has 0 saturated heterocycles. The van der Waals surface area contributed by atoms with E-state index in [2.05, 4.69) is 4.98 Å². The van der Waals surface area contributed by atoms with Crippen molar-refractivity contribution >= 4 is 27.1 Å². The Morgan fingerprint density at radius 1 is 1.22 bits per heavy atom. The number of thiazole rings is 1. The first-order valence-electron chi connectivity index (χ1n) is 5.88. The van der Waals surface area contributed by atoms with Gasteiger partial charge in [-0.25, -0.2) is 4.98 Å². The van der Waals surface area contributed by atoms with Gasteiger partial charge in [0.2, 0.25) is 0 Å². The van der Waals surface area contributed by atoms with Crippen LogP contribution in [0.4, 0.5) is 26.3 Å². The molecule has 2 aromatic rings. The Balaban J connectivity index is 2.51. The SMILES string of the molecule is N#C/C(=C(/O)CC(F)(F)F)c1nc2cc(C(F)(F)F)ccc2s1. The Morgan fingerprint density at radius 2 is 1.87 bits per heavy atom. The Morgan fingerprint density at radius 3 is 2.39 bits per heavy atom. The van der Waals surface area contributed by atoms with Crippen molar-refractivity contribution in [3.8, 4) is 6.07 Å². The summed E-state index contributed by atoms with van der Waals surface area (Å²) in [4.78, 5) is 3.72. The van der Waals surface area contributed by atoms with Gasteiger partial charge in [0.25, 0.3) is 0 Å². The van der Waals surface area contributed by atoms with Crippen LogP contribution in [-0.4, -0.2) is 16.3 Å². The van der Waals surface area contributed by atoms with Gasteiger partial charge in [0.05, 0.1) is 15.8 Å². The van der Waals surface area contributed by atoms with Crippen LogP contribution in [0.5, 0.6) is 0 Å². The number of halogens is 6. The van der Waals surface area contributed by atoms with E-state index in [-0.39, 0.29) is 15.2 Å². The van der Waals surface area contributed by atoms with Crippen LogP contribution in [0.15, 0.2) is 24.0 Å². The predicted molar refractivity (Wildman–Crippen MR) is 70.5 cm³/mol. The lowest BCUT2D eigenvalue weighted by atomic mass is 10.2. The third kappa shape index (κ3) is 3.92. The molecule has 0 amide bonds. The molecule has 1 aromatic carbocycles. The van der Waals surface area contributed by atoms with Crippen LogP contribution in [0, 0.1) is 11.3 Å². The Kier molecular flexibility index (Phi) is 4.26. The molecule has 0 saturated carbocycles. The van der Waals surface area contributed by atoms with Gasteiger partial charge in [-0.3, -0.25) is 0 Å². The van der Waals surface area contributed by atoms with Crippen LogP contribution in [0.3, 0.4) is 0 Å². The average Bonchev–Trinajstić information content (AvgIpc) is 2.78. The highest BCUT2D eigenvalue weighted by atomic mass is 32.1. The monoisotopic (exact) mass is 352 g/mol. The highest BCUT2D eigenvalue weighted by Gasteiger charge is 2.32. The van der Waals surface area contributed by atoms with E-state index in [1.54, 1.807) is 0 Å². The Hall–Kier alpha value is -2.28. The molecule has 0 fully saturated rings. The molecular formula is C13H6F6N2OS. The van der Waals surface area contributed by atoms with Gasteiger partial charge < -0.3 is 5.11 Å². The number of aromatic nitrogens is 1. The van der Waals surface area contributed by atoms with Crippen LogP contribution in [0.1, 0.15) is 17.0 Å². The second kappa shape index (κ2) is 5.73. The van der Waals surface area contributed by atoms with Crippen molar-refractivity contribution in [3.05, 3.63) is 34.5 Å². The molecule has 0 aliphatic heterocycles. The standard InChI is InChI=1S/C13H6F6N2OS/c14-12(15,16)4-9(22)7(5-20)11-21-8-3-6(13(17,18)19)1-2-10(8)23-11/h1-3,22H,4H2/b9-7-. The van der Waals surface area contributed by atoms with Gasteiger partial charge in [0.15, 0.2) is 0 Å². The first-order chi connectivity index (χ1) is 10.5. The molecule has 0 aliphatic rings. The summed E-state index contributed by atoms with van der Waals surface area (Å²) in [6, 6.07) is 4.04. The molecular weight excluding hydrogens is 346 g/mol. The number of benzene rings is 1. The molecule has 0 atom stereocenters. The van der Waals surface area contributed by atoms with Gasteiger partial charge in [0.1, 0.15) is 28.8 Å². The summed E-state index contributed by atoms with van der Waals surface area (Å²) in [5.74, 6) is -1.23. The minimum atomic E-state index is -4.73. The lowest BCUT2D eigenvalue weighted by molar-refractivity contribution is -0.137. The van der Waals surface area contributed by atoms with Crippen molar-refractivity contribution in [2.45, 2.75) is 18.8 Å². The molecule has 0 unspecified atom stereocenters. The number of hydrogen-bond donors (Lipinski definition) is 1. The van der Waals surface area contributed by atoms with Crippen molar-refractivity contribution in [3.63, 3.8) is 0 Å². The zero-order valence-electron chi connectivity index (χ0n) is 11.0. The molecule has 0 spiro atoms. The highest BCUT2D eigenvalue weighted by molar-refractivity contribution is 7.19. The topological polar surface area (TPSA) is 56.9 Å². The third-order valence-corrected chi connectivity index (χ3v) is 3.75. The molecule has 1 heterocycles. The zero-order valence-corrected chi connectivity index (χ0v) is 11.8. The summed E-state index contributed by atoms with van der Waals surface area (Å²) in [5, 5.41) is 18.1. The molecule has 2 rings (SSSR count). The van der Waals surface area contributed by atoms with E-state index < -0.39 is 35.7 Å². The quantitative estimate of drug-likeness (QED) is 0.467. The van der Waals surface area contributed by atoms with Crippen molar-refractivity contribution in [2.75, 3.05) is 0 Å². The maximum absolute atomic E-state index is 12.6. The first-order valence-corrected chi connectivity index (χ1v) is 6.70. The van der Waals surface area contributed by atoms with Crippen LogP contribution >= 0.6 is 11.3 Å². The third-order valence-electron chi connectivity index (χ3n) is 2.70. The van der Waals surface area contributed by atoms with E-state index in [1.165, 1.54) is 6.07 Å². The second-order valence-electron chi connectivity index (χ2n) is 4.42. The van der Waals surface area contributed by atoms with Gasteiger partial charge in [-0.1, -0.05) is 0 Å². The lowest BCUT2D eigenvalue weighted by Crippen LogP contribution is -2.09. The number of alkyl halides is 6. The van der Waals surface area contributed by atoms with Gasteiger partial charge >= 0.3 is 12.4 Å². The second-order valence-corrected chi connectivity index (χ2v) is 5.46. The molecule has 1 aromatic heterocycles. The van der Waals surface area contributed by atoms with E-state index in [0.29, 0.717) is 0 Å². The molecule has 3 nitrogen and oxygen atoms in total. The fourth-order valence-corrected chi connectivity index (χ4v) is 2.69. The summed E-state index contributed by atoms with van der Waals surface area (Å²) in [5.41, 5.74) is -1.80. The van der Waals surface area contributed by atoms with Crippen LogP contribution in [0.25, 0.3) is 15.8 Å². The minimum absolute atomic E-state index is 0.118. The van der Waals surface area contributed by atoms with E-state index in [0.717, 1.165) is 29.5 Å². The van der Waals surface area contributed by atoms with Gasteiger partial charge in [-0.05, 0) is 18.2 Å². The molecule has 1 N–H and O–H groups in total. The maximum Gasteiger partial charge on any atom is 0.416 e. The summed E-state index contributed by atoms with van der Waals surface area (Å²) in [6.45, 7) is 0. The fraction of sp³-hybridized carbons (Fsp3) is 0.231. The molecule has 0 radical (unpaired) electrons. The van der Waals surface area contributed by atoms with Crippen molar-refractivity contribution in [2.24, 2.45) is 0 Å². The number of allylic oxidation sites excluding steroid dienone is 2. The van der Waals surface area contributed by atoms with Crippen LogP contribution in [0.2, 0.25) is 0 Å². The Labute approximate surface area is 129 Å². The van der Waals surface area contributed by atoms with Crippen molar-refractivity contribution in [1.29, 1.82) is 5.26 Å². The van der Waals surface area contributed by atoms with E-state index in [4.69, 9.17) is 5.26 Å². The maximum atomic E-state index is 12.6. The van der Waals surface area contributed by atoms with Gasteiger partial charge in [-0.15, -0.1) is 11.3 Å². The van der Waals surface area contributed by atoms with E-state index in [9.17, 15) is 31.4 Å². The smallest absolute Gasteiger partial charge is 0.416 e. The zero-order chi connectivity index (χ0) is 17.4. The summed E-state index contributed by atoms with van der Waals surface area (Å²) in [6.07, 6.45) is -11.0. The van der Waals surface area contributed by atoms with Crippen molar-refractivity contribution in [1.82, 2.24) is 4.98 Å². The van der Waals surface area contributed by atoms with Crippen LogP contribution in [-0.2, 0) is 6.18 Å². The number of nitrogens with zero attached hydrogens (tertiary/aromatic N) is 2. The number of rotatable bonds is 2. The molecule has 0 aliphatic carbocycles.